The van der Waals surface area contributed by atoms with Gasteiger partial charge in [-0.3, -0.25) is 9.89 Å². The van der Waals surface area contributed by atoms with Crippen LogP contribution in [0.5, 0.6) is 0 Å². The highest BCUT2D eigenvalue weighted by Crippen LogP contribution is 2.22. The van der Waals surface area contributed by atoms with Crippen molar-refractivity contribution >= 4 is 5.95 Å². The minimum atomic E-state index is -0.0705. The van der Waals surface area contributed by atoms with E-state index in [1.165, 1.54) is 4.57 Å². The first kappa shape index (κ1) is 13.8. The molecule has 7 heteroatoms. The summed E-state index contributed by atoms with van der Waals surface area (Å²) in [5, 5.41) is 7.19. The van der Waals surface area contributed by atoms with Crippen molar-refractivity contribution < 1.29 is 0 Å². The summed E-state index contributed by atoms with van der Waals surface area (Å²) in [6, 6.07) is 3.75. The summed E-state index contributed by atoms with van der Waals surface area (Å²) >= 11 is 0. The second-order valence-electron chi connectivity index (χ2n) is 5.59. The number of rotatable bonds is 2. The van der Waals surface area contributed by atoms with Crippen LogP contribution in [0.25, 0.3) is 11.4 Å². The standard InChI is InChI=1S/C14H20N6O/c1-9-11(15)4-3-6-20(9)14-16-13(17-18-14)10-5-7-19(2)12(21)8-10/h5,7-9,11H,3-4,6,15H2,1-2H3,(H,16,17,18). The smallest absolute Gasteiger partial charge is 0.250 e. The molecule has 0 aromatic carbocycles. The molecule has 2 unspecified atom stereocenters. The van der Waals surface area contributed by atoms with E-state index in [0.717, 1.165) is 24.9 Å². The normalized spacial score (nSPS) is 22.5. The van der Waals surface area contributed by atoms with E-state index < -0.39 is 0 Å². The summed E-state index contributed by atoms with van der Waals surface area (Å²) < 4.78 is 1.52. The van der Waals surface area contributed by atoms with Gasteiger partial charge >= 0.3 is 0 Å². The van der Waals surface area contributed by atoms with E-state index in [0.29, 0.717) is 11.8 Å². The third-order valence-corrected chi connectivity index (χ3v) is 4.16. The van der Waals surface area contributed by atoms with Crippen LogP contribution >= 0.6 is 0 Å². The molecule has 2 aromatic rings. The number of anilines is 1. The van der Waals surface area contributed by atoms with Crippen molar-refractivity contribution in [3.63, 3.8) is 0 Å². The van der Waals surface area contributed by atoms with Crippen LogP contribution in [0.1, 0.15) is 19.8 Å². The Kier molecular flexibility index (Phi) is 3.50. The fourth-order valence-corrected chi connectivity index (χ4v) is 2.66. The van der Waals surface area contributed by atoms with Crippen molar-refractivity contribution in [1.82, 2.24) is 19.7 Å². The largest absolute Gasteiger partial charge is 0.335 e. The lowest BCUT2D eigenvalue weighted by Gasteiger charge is -2.36. The molecule has 7 nitrogen and oxygen atoms in total. The molecule has 0 bridgehead atoms. The van der Waals surface area contributed by atoms with Gasteiger partial charge in [-0.1, -0.05) is 0 Å². The van der Waals surface area contributed by atoms with Gasteiger partial charge in [-0.05, 0) is 25.8 Å². The van der Waals surface area contributed by atoms with Crippen LogP contribution in [0, 0.1) is 0 Å². The number of pyridine rings is 1. The van der Waals surface area contributed by atoms with E-state index in [2.05, 4.69) is 27.0 Å². The zero-order chi connectivity index (χ0) is 15.0. The highest BCUT2D eigenvalue weighted by Gasteiger charge is 2.27. The number of aromatic amines is 1. The van der Waals surface area contributed by atoms with E-state index in [-0.39, 0.29) is 17.6 Å². The van der Waals surface area contributed by atoms with Crippen LogP contribution in [0.15, 0.2) is 23.1 Å². The third-order valence-electron chi connectivity index (χ3n) is 4.16. The van der Waals surface area contributed by atoms with Gasteiger partial charge in [0.15, 0.2) is 5.82 Å². The number of hydrogen-bond acceptors (Lipinski definition) is 5. The first-order valence-electron chi connectivity index (χ1n) is 7.18. The molecule has 3 rings (SSSR count). The average Bonchev–Trinajstić information content (AvgIpc) is 2.94. The second-order valence-corrected chi connectivity index (χ2v) is 5.59. The first-order valence-corrected chi connectivity index (χ1v) is 7.18. The number of aromatic nitrogens is 4. The van der Waals surface area contributed by atoms with Crippen molar-refractivity contribution in [2.24, 2.45) is 12.8 Å². The predicted molar refractivity (Wildman–Crippen MR) is 81.1 cm³/mol. The lowest BCUT2D eigenvalue weighted by Crippen LogP contribution is -2.50. The SMILES string of the molecule is CC1C(N)CCCN1c1n[nH]c(-c2ccn(C)c(=O)c2)n1. The van der Waals surface area contributed by atoms with Gasteiger partial charge in [0.05, 0.1) is 0 Å². The van der Waals surface area contributed by atoms with Gasteiger partial charge in [0, 0.05) is 43.5 Å². The summed E-state index contributed by atoms with van der Waals surface area (Å²) in [7, 11) is 1.72. The van der Waals surface area contributed by atoms with Crippen LogP contribution in [-0.4, -0.2) is 38.4 Å². The van der Waals surface area contributed by atoms with Crippen molar-refractivity contribution in [2.75, 3.05) is 11.4 Å². The number of nitrogens with two attached hydrogens (primary N) is 1. The first-order chi connectivity index (χ1) is 10.1. The number of nitrogens with zero attached hydrogens (tertiary/aromatic N) is 4. The van der Waals surface area contributed by atoms with Gasteiger partial charge in [0.25, 0.3) is 5.56 Å². The fraction of sp³-hybridized carbons (Fsp3) is 0.500. The number of hydrogen-bond donors (Lipinski definition) is 2. The Morgan fingerprint density at radius 2 is 2.29 bits per heavy atom. The van der Waals surface area contributed by atoms with E-state index in [1.807, 2.05) is 6.07 Å². The zero-order valence-corrected chi connectivity index (χ0v) is 12.3. The molecular weight excluding hydrogens is 268 g/mol. The van der Waals surface area contributed by atoms with Gasteiger partial charge < -0.3 is 15.2 Å². The summed E-state index contributed by atoms with van der Waals surface area (Å²) in [6.45, 7) is 3.00. The Morgan fingerprint density at radius 1 is 1.48 bits per heavy atom. The molecule has 21 heavy (non-hydrogen) atoms. The van der Waals surface area contributed by atoms with Crippen LogP contribution in [0.3, 0.4) is 0 Å². The maximum Gasteiger partial charge on any atom is 0.250 e. The average molecular weight is 288 g/mol. The molecule has 1 fully saturated rings. The summed E-state index contributed by atoms with van der Waals surface area (Å²) in [6.07, 6.45) is 3.80. The van der Waals surface area contributed by atoms with Gasteiger partial charge in [0.2, 0.25) is 5.95 Å². The monoisotopic (exact) mass is 288 g/mol. The summed E-state index contributed by atoms with van der Waals surface area (Å²) in [4.78, 5) is 18.3. The van der Waals surface area contributed by atoms with Crippen LogP contribution in [0.4, 0.5) is 5.95 Å². The van der Waals surface area contributed by atoms with Crippen molar-refractivity contribution in [3.05, 3.63) is 28.7 Å². The van der Waals surface area contributed by atoms with Crippen molar-refractivity contribution in [2.45, 2.75) is 31.8 Å². The molecule has 0 aliphatic carbocycles. The Labute approximate surface area is 122 Å². The van der Waals surface area contributed by atoms with E-state index in [9.17, 15) is 4.79 Å². The lowest BCUT2D eigenvalue weighted by atomic mass is 9.99. The molecule has 0 spiro atoms. The lowest BCUT2D eigenvalue weighted by molar-refractivity contribution is 0.416. The van der Waals surface area contributed by atoms with Gasteiger partial charge in [-0.2, -0.15) is 4.98 Å². The minimum Gasteiger partial charge on any atom is -0.335 e. The number of nitrogens with one attached hydrogen (secondary N) is 1. The Balaban J connectivity index is 1.89. The Hall–Kier alpha value is -2.15. The van der Waals surface area contributed by atoms with Crippen LogP contribution < -0.4 is 16.2 Å². The topological polar surface area (TPSA) is 92.8 Å². The number of aryl methyl sites for hydroxylation is 1. The number of piperidine rings is 1. The molecule has 3 N–H and O–H groups in total. The molecule has 1 saturated heterocycles. The van der Waals surface area contributed by atoms with E-state index >= 15 is 0 Å². The van der Waals surface area contributed by atoms with Crippen molar-refractivity contribution in [1.29, 1.82) is 0 Å². The quantitative estimate of drug-likeness (QED) is 0.838. The Bertz CT molecular complexity index is 691. The predicted octanol–water partition coefficient (Wildman–Crippen LogP) is 0.486. The Morgan fingerprint density at radius 3 is 3.05 bits per heavy atom. The number of H-pyrrole nitrogens is 1. The van der Waals surface area contributed by atoms with E-state index in [4.69, 9.17) is 5.73 Å². The third kappa shape index (κ3) is 2.56. The highest BCUT2D eigenvalue weighted by molar-refractivity contribution is 5.55. The van der Waals surface area contributed by atoms with Gasteiger partial charge in [-0.25, -0.2) is 0 Å². The molecular formula is C14H20N6O. The van der Waals surface area contributed by atoms with Crippen molar-refractivity contribution in [3.8, 4) is 11.4 Å². The van der Waals surface area contributed by atoms with Crippen LogP contribution in [0.2, 0.25) is 0 Å². The molecule has 0 radical (unpaired) electrons. The zero-order valence-electron chi connectivity index (χ0n) is 12.3. The molecule has 112 valence electrons. The fourth-order valence-electron chi connectivity index (χ4n) is 2.66. The molecule has 2 atom stereocenters. The molecule has 0 amide bonds. The maximum absolute atomic E-state index is 11.7. The second kappa shape index (κ2) is 5.33. The molecule has 3 heterocycles. The van der Waals surface area contributed by atoms with Gasteiger partial charge in [-0.15, -0.1) is 5.10 Å². The molecule has 1 aliphatic rings. The molecule has 1 aliphatic heterocycles. The van der Waals surface area contributed by atoms with E-state index in [1.54, 1.807) is 19.3 Å². The summed E-state index contributed by atoms with van der Waals surface area (Å²) in [5.74, 6) is 1.25. The van der Waals surface area contributed by atoms with Gasteiger partial charge in [0.1, 0.15) is 0 Å². The molecule has 2 aromatic heterocycles. The molecule has 0 saturated carbocycles. The summed E-state index contributed by atoms with van der Waals surface area (Å²) in [5.41, 5.74) is 6.78. The van der Waals surface area contributed by atoms with Crippen LogP contribution in [-0.2, 0) is 7.05 Å². The highest BCUT2D eigenvalue weighted by atomic mass is 16.1. The maximum atomic E-state index is 11.7. The minimum absolute atomic E-state index is 0.0705.